The summed E-state index contributed by atoms with van der Waals surface area (Å²) in [7, 11) is 1.42. The molecule has 0 bridgehead atoms. The van der Waals surface area contributed by atoms with Gasteiger partial charge in [-0.3, -0.25) is 0 Å². The van der Waals surface area contributed by atoms with Crippen LogP contribution in [0.3, 0.4) is 0 Å². The Morgan fingerprint density at radius 3 is 1.89 bits per heavy atom. The lowest BCUT2D eigenvalue weighted by atomic mass is 9.99. The van der Waals surface area contributed by atoms with Crippen molar-refractivity contribution in [3.8, 4) is 11.5 Å². The lowest BCUT2D eigenvalue weighted by Gasteiger charge is -2.40. The average Bonchev–Trinajstić information content (AvgIpc) is 2.88. The van der Waals surface area contributed by atoms with Gasteiger partial charge in [-0.05, 0) is 37.5 Å². The largest absolute Gasteiger partial charge is 0.493 e. The Labute approximate surface area is 208 Å². The van der Waals surface area contributed by atoms with Gasteiger partial charge in [-0.2, -0.15) is 0 Å². The van der Waals surface area contributed by atoms with Gasteiger partial charge in [-0.15, -0.1) is 0 Å². The number of aliphatic hydroxyl groups is 8. The van der Waals surface area contributed by atoms with Crippen LogP contribution in [0.25, 0.3) is 0 Å². The molecule has 36 heavy (non-hydrogen) atoms. The normalized spacial score (nSPS) is 37.9. The van der Waals surface area contributed by atoms with Gasteiger partial charge >= 0.3 is 0 Å². The van der Waals surface area contributed by atoms with E-state index >= 15 is 0 Å². The molecular formula is C23H36O13. The van der Waals surface area contributed by atoms with Crippen LogP contribution in [0, 0.1) is 0 Å². The fourth-order valence-corrected chi connectivity index (χ4v) is 4.10. The monoisotopic (exact) mass is 520 g/mol. The molecular weight excluding hydrogens is 484 g/mol. The molecule has 3 rings (SSSR count). The van der Waals surface area contributed by atoms with Crippen LogP contribution in [-0.2, 0) is 20.6 Å². The Hall–Kier alpha value is -1.62. The van der Waals surface area contributed by atoms with E-state index < -0.39 is 80.7 Å². The van der Waals surface area contributed by atoms with Gasteiger partial charge in [0, 0.05) is 0 Å². The first-order chi connectivity index (χ1) is 17.1. The zero-order chi connectivity index (χ0) is 26.6. The van der Waals surface area contributed by atoms with E-state index in [1.54, 1.807) is 25.1 Å². The summed E-state index contributed by atoms with van der Waals surface area (Å²) < 4.78 is 27.5. The number of hydrogen-bond acceptors (Lipinski definition) is 13. The molecule has 0 radical (unpaired) electrons. The molecule has 2 saturated heterocycles. The van der Waals surface area contributed by atoms with Gasteiger partial charge < -0.3 is 64.5 Å². The summed E-state index contributed by atoms with van der Waals surface area (Å²) in [5, 5.41) is 78.6. The van der Waals surface area contributed by atoms with Crippen LogP contribution >= 0.6 is 0 Å². The second-order valence-electron chi connectivity index (χ2n) is 8.98. The standard InChI is InChI=1S/C23H36O13/c1-10(33-22-20(30)18(28)16(26)14(8-24)35-22)3-4-11-5-6-12(13(7-11)32-2)34-23-21(31)19(29)17(27)15(9-25)36-23/h5-7,10,14-31H,3-4,8-9H2,1-2H3/t10-,14+,15+,16+,17+,18-,19-,20+,21+,22+,23+/m0/s1. The predicted molar refractivity (Wildman–Crippen MR) is 120 cm³/mol. The first-order valence-corrected chi connectivity index (χ1v) is 11.7. The number of ether oxygens (including phenoxy) is 5. The van der Waals surface area contributed by atoms with E-state index in [9.17, 15) is 40.9 Å². The van der Waals surface area contributed by atoms with Gasteiger partial charge in [0.05, 0.1) is 26.4 Å². The molecule has 0 amide bonds. The summed E-state index contributed by atoms with van der Waals surface area (Å²) in [6.45, 7) is 0.621. The molecule has 0 aromatic heterocycles. The van der Waals surface area contributed by atoms with Gasteiger partial charge in [0.25, 0.3) is 0 Å². The van der Waals surface area contributed by atoms with Crippen LogP contribution in [0.5, 0.6) is 11.5 Å². The van der Waals surface area contributed by atoms with Gasteiger partial charge in [-0.1, -0.05) is 6.07 Å². The Morgan fingerprint density at radius 1 is 0.778 bits per heavy atom. The molecule has 0 saturated carbocycles. The maximum Gasteiger partial charge on any atom is 0.229 e. The van der Waals surface area contributed by atoms with E-state index in [2.05, 4.69) is 0 Å². The third kappa shape index (κ3) is 6.44. The minimum absolute atomic E-state index is 0.205. The van der Waals surface area contributed by atoms with E-state index in [0.717, 1.165) is 5.56 Å². The molecule has 1 aromatic rings. The number of methoxy groups -OCH3 is 1. The van der Waals surface area contributed by atoms with Crippen molar-refractivity contribution in [2.24, 2.45) is 0 Å². The van der Waals surface area contributed by atoms with Crippen LogP contribution in [0.1, 0.15) is 18.9 Å². The second kappa shape index (κ2) is 12.8. The Kier molecular flexibility index (Phi) is 10.3. The van der Waals surface area contributed by atoms with Gasteiger partial charge in [0.2, 0.25) is 6.29 Å². The molecule has 2 fully saturated rings. The van der Waals surface area contributed by atoms with Gasteiger partial charge in [-0.25, -0.2) is 0 Å². The molecule has 0 spiro atoms. The molecule has 2 heterocycles. The maximum absolute atomic E-state index is 10.2. The SMILES string of the molecule is COc1cc(CC[C@H](C)O[C@@H]2O[C@H](CO)[C@@H](O)[C@H](O)[C@H]2O)ccc1O[C@@H]1O[C@H](CO)[C@@H](O)[C@H](O)[C@H]1O. The summed E-state index contributed by atoms with van der Waals surface area (Å²) >= 11 is 0. The summed E-state index contributed by atoms with van der Waals surface area (Å²) in [4.78, 5) is 0. The Bertz CT molecular complexity index is 821. The van der Waals surface area contributed by atoms with Crippen molar-refractivity contribution in [3.05, 3.63) is 23.8 Å². The quantitative estimate of drug-likeness (QED) is 0.155. The van der Waals surface area contributed by atoms with Crippen LogP contribution in [-0.4, -0.2) is 129 Å². The Balaban J connectivity index is 1.58. The first-order valence-electron chi connectivity index (χ1n) is 11.7. The molecule has 0 aliphatic carbocycles. The van der Waals surface area contributed by atoms with Crippen LogP contribution in [0.15, 0.2) is 18.2 Å². The zero-order valence-corrected chi connectivity index (χ0v) is 20.0. The Morgan fingerprint density at radius 2 is 1.33 bits per heavy atom. The lowest BCUT2D eigenvalue weighted by molar-refractivity contribution is -0.310. The van der Waals surface area contributed by atoms with Crippen molar-refractivity contribution in [2.45, 2.75) is 87.3 Å². The summed E-state index contributed by atoms with van der Waals surface area (Å²) in [5.41, 5.74) is 0.831. The molecule has 11 atom stereocenters. The number of hydrogen-bond donors (Lipinski definition) is 8. The van der Waals surface area contributed by atoms with Crippen LogP contribution in [0.4, 0.5) is 0 Å². The molecule has 8 N–H and O–H groups in total. The molecule has 1 aromatic carbocycles. The second-order valence-corrected chi connectivity index (χ2v) is 8.98. The number of benzene rings is 1. The van der Waals surface area contributed by atoms with E-state index in [0.29, 0.717) is 18.6 Å². The van der Waals surface area contributed by atoms with Crippen molar-refractivity contribution in [2.75, 3.05) is 20.3 Å². The van der Waals surface area contributed by atoms with E-state index in [4.69, 9.17) is 23.7 Å². The fourth-order valence-electron chi connectivity index (χ4n) is 4.10. The predicted octanol–water partition coefficient (Wildman–Crippen LogP) is -2.99. The molecule has 0 unspecified atom stereocenters. The van der Waals surface area contributed by atoms with Crippen LogP contribution < -0.4 is 9.47 Å². The average molecular weight is 521 g/mol. The zero-order valence-electron chi connectivity index (χ0n) is 20.0. The smallest absolute Gasteiger partial charge is 0.229 e. The highest BCUT2D eigenvalue weighted by Gasteiger charge is 2.45. The highest BCUT2D eigenvalue weighted by atomic mass is 16.7. The molecule has 2 aliphatic rings. The highest BCUT2D eigenvalue weighted by molar-refractivity contribution is 5.43. The van der Waals surface area contributed by atoms with Crippen molar-refractivity contribution in [1.29, 1.82) is 0 Å². The van der Waals surface area contributed by atoms with Crippen molar-refractivity contribution < 1.29 is 64.5 Å². The first kappa shape index (κ1) is 28.9. The number of rotatable bonds is 10. The molecule has 206 valence electrons. The van der Waals surface area contributed by atoms with Gasteiger partial charge in [0.1, 0.15) is 48.8 Å². The third-order valence-corrected chi connectivity index (χ3v) is 6.37. The minimum Gasteiger partial charge on any atom is -0.493 e. The van der Waals surface area contributed by atoms with E-state index in [1.807, 2.05) is 0 Å². The molecule has 13 nitrogen and oxygen atoms in total. The summed E-state index contributed by atoms with van der Waals surface area (Å²) in [6, 6.07) is 5.01. The molecule has 13 heteroatoms. The summed E-state index contributed by atoms with van der Waals surface area (Å²) in [6.07, 6.45) is -13.3. The highest BCUT2D eigenvalue weighted by Crippen LogP contribution is 2.32. The maximum atomic E-state index is 10.2. The minimum atomic E-state index is -1.57. The van der Waals surface area contributed by atoms with Crippen molar-refractivity contribution in [1.82, 2.24) is 0 Å². The van der Waals surface area contributed by atoms with Crippen LogP contribution in [0.2, 0.25) is 0 Å². The number of aliphatic hydroxyl groups excluding tert-OH is 8. The topological polar surface area (TPSA) is 208 Å². The lowest BCUT2D eigenvalue weighted by Crippen LogP contribution is -2.60. The molecule has 2 aliphatic heterocycles. The van der Waals surface area contributed by atoms with E-state index in [1.165, 1.54) is 7.11 Å². The van der Waals surface area contributed by atoms with Crippen molar-refractivity contribution >= 4 is 0 Å². The third-order valence-electron chi connectivity index (χ3n) is 6.37. The van der Waals surface area contributed by atoms with E-state index in [-0.39, 0.29) is 5.75 Å². The van der Waals surface area contributed by atoms with Crippen molar-refractivity contribution in [3.63, 3.8) is 0 Å². The van der Waals surface area contributed by atoms with Gasteiger partial charge in [0.15, 0.2) is 17.8 Å². The fraction of sp³-hybridized carbons (Fsp3) is 0.739. The summed E-state index contributed by atoms with van der Waals surface area (Å²) in [5.74, 6) is 0.517. The number of aryl methyl sites for hydroxylation is 1.